The Morgan fingerprint density at radius 3 is 2.54 bits per heavy atom. The summed E-state index contributed by atoms with van der Waals surface area (Å²) in [6.45, 7) is 1.66. The first-order valence-corrected chi connectivity index (χ1v) is 11.2. The third-order valence-electron chi connectivity index (χ3n) is 5.28. The number of methoxy groups -OCH3 is 1. The largest absolute Gasteiger partial charge is 0.497 e. The zero-order valence-electron chi connectivity index (χ0n) is 16.1. The maximum absolute atomic E-state index is 12.1. The Hall–Kier alpha value is -2.44. The van der Waals surface area contributed by atoms with E-state index in [0.717, 1.165) is 46.1 Å². The second kappa shape index (κ2) is 7.53. The maximum Gasteiger partial charge on any atom is 0.211 e. The Balaban J connectivity index is 1.69. The van der Waals surface area contributed by atoms with Gasteiger partial charge in [-0.05, 0) is 71.8 Å². The van der Waals surface area contributed by atoms with Gasteiger partial charge in [0.05, 0.1) is 18.9 Å². The fourth-order valence-electron chi connectivity index (χ4n) is 3.46. The van der Waals surface area contributed by atoms with Crippen molar-refractivity contribution >= 4 is 20.8 Å². The third kappa shape index (κ3) is 4.03. The molecule has 0 spiro atoms. The van der Waals surface area contributed by atoms with Gasteiger partial charge in [0.15, 0.2) is 0 Å². The molecule has 1 N–H and O–H groups in total. The Bertz CT molecular complexity index is 1110. The first-order chi connectivity index (χ1) is 13.5. The molecule has 1 aliphatic carbocycles. The minimum atomic E-state index is -3.27. The topological polar surface area (TPSA) is 68.3 Å². The predicted molar refractivity (Wildman–Crippen MR) is 112 cm³/mol. The number of benzene rings is 2. The summed E-state index contributed by atoms with van der Waals surface area (Å²) >= 11 is 0. The van der Waals surface area contributed by atoms with Crippen LogP contribution in [0.2, 0.25) is 0 Å². The highest BCUT2D eigenvalue weighted by atomic mass is 32.2. The van der Waals surface area contributed by atoms with Gasteiger partial charge in [0.1, 0.15) is 5.75 Å². The van der Waals surface area contributed by atoms with Crippen LogP contribution < -0.4 is 9.46 Å². The van der Waals surface area contributed by atoms with E-state index < -0.39 is 10.0 Å². The molecular weight excluding hydrogens is 372 g/mol. The van der Waals surface area contributed by atoms with Gasteiger partial charge in [-0.2, -0.15) is 0 Å². The van der Waals surface area contributed by atoms with Crippen LogP contribution in [-0.2, 0) is 10.0 Å². The number of hydrogen-bond acceptors (Lipinski definition) is 4. The van der Waals surface area contributed by atoms with E-state index in [9.17, 15) is 8.42 Å². The number of rotatable bonds is 7. The number of aromatic nitrogens is 1. The molecule has 28 heavy (non-hydrogen) atoms. The van der Waals surface area contributed by atoms with Gasteiger partial charge in [-0.1, -0.05) is 18.2 Å². The average Bonchev–Trinajstić information content (AvgIpc) is 3.56. The van der Waals surface area contributed by atoms with E-state index in [-0.39, 0.29) is 11.8 Å². The lowest BCUT2D eigenvalue weighted by atomic mass is 9.98. The highest BCUT2D eigenvalue weighted by Crippen LogP contribution is 2.42. The summed E-state index contributed by atoms with van der Waals surface area (Å²) in [6.07, 6.45) is 5.68. The van der Waals surface area contributed by atoms with Gasteiger partial charge in [-0.3, -0.25) is 4.98 Å². The Morgan fingerprint density at radius 1 is 1.07 bits per heavy atom. The normalized spacial score (nSPS) is 15.5. The van der Waals surface area contributed by atoms with Gasteiger partial charge in [0, 0.05) is 18.0 Å². The summed E-state index contributed by atoms with van der Waals surface area (Å²) in [7, 11) is -1.61. The van der Waals surface area contributed by atoms with Crippen LogP contribution in [0.15, 0.2) is 54.9 Å². The molecule has 6 heteroatoms. The van der Waals surface area contributed by atoms with E-state index in [1.54, 1.807) is 20.2 Å². The van der Waals surface area contributed by atoms with Crippen molar-refractivity contribution in [2.45, 2.75) is 25.8 Å². The molecule has 1 atom stereocenters. The van der Waals surface area contributed by atoms with Crippen LogP contribution in [0.5, 0.6) is 5.75 Å². The van der Waals surface area contributed by atoms with Crippen LogP contribution in [0.4, 0.5) is 0 Å². The van der Waals surface area contributed by atoms with Crippen LogP contribution >= 0.6 is 0 Å². The molecule has 2 aromatic carbocycles. The van der Waals surface area contributed by atoms with E-state index in [1.165, 1.54) is 0 Å². The molecule has 0 saturated heterocycles. The summed E-state index contributed by atoms with van der Waals surface area (Å²) in [5, 5.41) is 2.23. The van der Waals surface area contributed by atoms with Crippen molar-refractivity contribution in [3.05, 3.63) is 60.4 Å². The first-order valence-electron chi connectivity index (χ1n) is 9.52. The van der Waals surface area contributed by atoms with Crippen molar-refractivity contribution in [2.24, 2.45) is 5.92 Å². The number of ether oxygens (including phenoxy) is 1. The van der Waals surface area contributed by atoms with Gasteiger partial charge in [-0.25, -0.2) is 13.1 Å². The van der Waals surface area contributed by atoms with Gasteiger partial charge < -0.3 is 4.74 Å². The van der Waals surface area contributed by atoms with Crippen LogP contribution in [0.25, 0.3) is 21.9 Å². The maximum atomic E-state index is 12.1. The van der Waals surface area contributed by atoms with Gasteiger partial charge in [0.2, 0.25) is 10.0 Å². The van der Waals surface area contributed by atoms with Crippen LogP contribution in [0, 0.1) is 5.92 Å². The van der Waals surface area contributed by atoms with Crippen LogP contribution in [0.1, 0.15) is 31.4 Å². The van der Waals surface area contributed by atoms with Crippen molar-refractivity contribution in [1.82, 2.24) is 9.71 Å². The summed E-state index contributed by atoms with van der Waals surface area (Å²) in [5.41, 5.74) is 2.96. The minimum absolute atomic E-state index is 0.0808. The lowest BCUT2D eigenvalue weighted by Crippen LogP contribution is -2.31. The molecule has 0 aliphatic heterocycles. The quantitative estimate of drug-likeness (QED) is 0.646. The molecule has 0 radical (unpaired) electrons. The standard InChI is InChI=1S/C22H24N2O3S/c1-3-28(25,26)24-22(15-4-5-15)20-11-19(13-23-14-20)17-6-7-18-12-21(27-2)9-8-16(18)10-17/h6-15,22,24H,3-5H2,1-2H3. The van der Waals surface area contributed by atoms with E-state index in [0.29, 0.717) is 5.92 Å². The van der Waals surface area contributed by atoms with E-state index in [1.807, 2.05) is 24.4 Å². The number of pyridine rings is 1. The van der Waals surface area contributed by atoms with Crippen LogP contribution in [0.3, 0.4) is 0 Å². The Morgan fingerprint density at radius 2 is 1.82 bits per heavy atom. The number of sulfonamides is 1. The highest BCUT2D eigenvalue weighted by Gasteiger charge is 2.35. The molecular formula is C22H24N2O3S. The third-order valence-corrected chi connectivity index (χ3v) is 6.65. The molecule has 5 nitrogen and oxygen atoms in total. The van der Waals surface area contributed by atoms with Gasteiger partial charge >= 0.3 is 0 Å². The molecule has 0 amide bonds. The molecule has 146 valence electrons. The van der Waals surface area contributed by atoms with Crippen LogP contribution in [-0.4, -0.2) is 26.3 Å². The number of nitrogens with zero attached hydrogens (tertiary/aromatic N) is 1. The van der Waals surface area contributed by atoms with Crippen molar-refractivity contribution in [2.75, 3.05) is 12.9 Å². The molecule has 1 aliphatic rings. The second-order valence-electron chi connectivity index (χ2n) is 7.27. The highest BCUT2D eigenvalue weighted by molar-refractivity contribution is 7.89. The molecule has 1 heterocycles. The van der Waals surface area contributed by atoms with Crippen molar-refractivity contribution < 1.29 is 13.2 Å². The first kappa shape index (κ1) is 18.9. The van der Waals surface area contributed by atoms with Gasteiger partial charge in [-0.15, -0.1) is 0 Å². The van der Waals surface area contributed by atoms with E-state index >= 15 is 0 Å². The smallest absolute Gasteiger partial charge is 0.211 e. The number of nitrogens with one attached hydrogen (secondary N) is 1. The van der Waals surface area contributed by atoms with Crippen molar-refractivity contribution in [3.8, 4) is 16.9 Å². The Kier molecular flexibility index (Phi) is 5.08. The summed E-state index contributed by atoms with van der Waals surface area (Å²) in [6, 6.07) is 14.1. The summed E-state index contributed by atoms with van der Waals surface area (Å²) < 4.78 is 32.4. The average molecular weight is 397 g/mol. The summed E-state index contributed by atoms with van der Waals surface area (Å²) in [4.78, 5) is 4.40. The lowest BCUT2D eigenvalue weighted by molar-refractivity contribution is 0.415. The van der Waals surface area contributed by atoms with E-state index in [4.69, 9.17) is 4.74 Å². The molecule has 0 bridgehead atoms. The summed E-state index contributed by atoms with van der Waals surface area (Å²) in [5.74, 6) is 1.26. The van der Waals surface area contributed by atoms with Gasteiger partial charge in [0.25, 0.3) is 0 Å². The zero-order valence-corrected chi connectivity index (χ0v) is 16.9. The number of hydrogen-bond donors (Lipinski definition) is 1. The molecule has 1 fully saturated rings. The van der Waals surface area contributed by atoms with Crippen molar-refractivity contribution in [3.63, 3.8) is 0 Å². The van der Waals surface area contributed by atoms with E-state index in [2.05, 4.69) is 34.0 Å². The monoisotopic (exact) mass is 396 g/mol. The van der Waals surface area contributed by atoms with Crippen molar-refractivity contribution in [1.29, 1.82) is 0 Å². The number of fused-ring (bicyclic) bond motifs is 1. The molecule has 1 saturated carbocycles. The molecule has 3 aromatic rings. The molecule has 4 rings (SSSR count). The predicted octanol–water partition coefficient (Wildman–Crippen LogP) is 4.30. The molecule has 1 aromatic heterocycles. The fraction of sp³-hybridized carbons (Fsp3) is 0.318. The minimum Gasteiger partial charge on any atom is -0.497 e. The zero-order chi connectivity index (χ0) is 19.7. The second-order valence-corrected chi connectivity index (χ2v) is 9.31. The molecule has 1 unspecified atom stereocenters. The fourth-order valence-corrected chi connectivity index (χ4v) is 4.34. The lowest BCUT2D eigenvalue weighted by Gasteiger charge is -2.19. The Labute approximate surface area is 165 Å². The SMILES string of the molecule is CCS(=O)(=O)NC(c1cncc(-c2ccc3cc(OC)ccc3c2)c1)C1CC1.